The summed E-state index contributed by atoms with van der Waals surface area (Å²) in [7, 11) is 0. The van der Waals surface area contributed by atoms with E-state index in [9.17, 15) is 9.59 Å². The summed E-state index contributed by atoms with van der Waals surface area (Å²) in [5.74, 6) is -0.663. The second kappa shape index (κ2) is 12.6. The molecule has 0 spiro atoms. The molecule has 7 atom stereocenters. The molecule has 2 aromatic carbocycles. The molecule has 2 aromatic rings. The summed E-state index contributed by atoms with van der Waals surface area (Å²) < 4.78 is 19.9. The number of amides is 2. The van der Waals surface area contributed by atoms with E-state index in [1.165, 1.54) is 8.49 Å². The van der Waals surface area contributed by atoms with Crippen molar-refractivity contribution in [2.45, 2.75) is 73.0 Å². The summed E-state index contributed by atoms with van der Waals surface area (Å²) in [4.78, 5) is 35.2. The van der Waals surface area contributed by atoms with Crippen LogP contribution in [0.5, 0.6) is 0 Å². The van der Waals surface area contributed by atoms with Crippen LogP contribution in [0.2, 0.25) is 14.8 Å². The number of rotatable bonds is 9. The van der Waals surface area contributed by atoms with Crippen molar-refractivity contribution < 1.29 is 23.8 Å². The van der Waals surface area contributed by atoms with Crippen LogP contribution in [0.15, 0.2) is 70.8 Å². The molecule has 210 valence electrons. The number of carbonyl (C=O) groups is 2. The fraction of sp³-hybridized carbons (Fsp3) is 0.500. The Kier molecular flexibility index (Phi) is 9.60. The van der Waals surface area contributed by atoms with Crippen LogP contribution in [0.25, 0.3) is 0 Å². The number of carbonyl (C=O) groups excluding carboxylic acids is 2. The van der Waals surface area contributed by atoms with Gasteiger partial charge < -0.3 is 0 Å². The van der Waals surface area contributed by atoms with E-state index >= 15 is 0 Å². The van der Waals surface area contributed by atoms with Crippen LogP contribution >= 0.6 is 0 Å². The average Bonchev–Trinajstić information content (AvgIpc) is 3.27. The van der Waals surface area contributed by atoms with E-state index in [2.05, 4.69) is 35.2 Å². The topological polar surface area (TPSA) is 65.1 Å². The van der Waals surface area contributed by atoms with Crippen molar-refractivity contribution in [1.29, 1.82) is 0 Å². The number of allylic oxidation sites excluding steroid dienone is 1. The van der Waals surface area contributed by atoms with E-state index in [1.54, 1.807) is 0 Å². The Labute approximate surface area is 237 Å². The van der Waals surface area contributed by atoms with Crippen molar-refractivity contribution in [1.82, 2.24) is 4.90 Å². The van der Waals surface area contributed by atoms with E-state index in [0.29, 0.717) is 6.42 Å². The van der Waals surface area contributed by atoms with Crippen LogP contribution in [-0.4, -0.2) is 60.1 Å². The number of nitrogens with zero attached hydrogens (tertiary/aromatic N) is 1. The van der Waals surface area contributed by atoms with Crippen molar-refractivity contribution in [3.05, 3.63) is 82.0 Å². The van der Waals surface area contributed by atoms with Crippen molar-refractivity contribution in [3.63, 3.8) is 0 Å². The number of hydrogen-bond donors (Lipinski definition) is 0. The van der Waals surface area contributed by atoms with Gasteiger partial charge >= 0.3 is 208 Å². The molecular formula is C32H43NO5Sn. The maximum atomic E-state index is 13.9. The molecule has 2 heterocycles. The van der Waals surface area contributed by atoms with Crippen molar-refractivity contribution in [2.75, 3.05) is 6.61 Å². The Bertz CT molecular complexity index is 1150. The third-order valence-electron chi connectivity index (χ3n) is 8.25. The van der Waals surface area contributed by atoms with Crippen LogP contribution in [0.3, 0.4) is 0 Å². The Hall–Kier alpha value is -2.16. The van der Waals surface area contributed by atoms with Crippen molar-refractivity contribution >= 4 is 30.4 Å². The predicted molar refractivity (Wildman–Crippen MR) is 156 cm³/mol. The number of ether oxygens (including phenoxy) is 3. The Balaban J connectivity index is 1.58. The molecule has 6 nitrogen and oxygen atoms in total. The molecule has 39 heavy (non-hydrogen) atoms. The summed E-state index contributed by atoms with van der Waals surface area (Å²) in [6, 6.07) is 19.4. The van der Waals surface area contributed by atoms with Gasteiger partial charge in [-0.05, 0) is 0 Å². The van der Waals surface area contributed by atoms with Gasteiger partial charge in [0.05, 0.1) is 0 Å². The summed E-state index contributed by atoms with van der Waals surface area (Å²) in [6.45, 7) is 10.8. The summed E-state index contributed by atoms with van der Waals surface area (Å²) >= 11 is -2.27. The van der Waals surface area contributed by atoms with Gasteiger partial charge in [0, 0.05) is 0 Å². The van der Waals surface area contributed by atoms with E-state index in [0.717, 1.165) is 17.5 Å². The van der Waals surface area contributed by atoms with Crippen LogP contribution in [-0.2, 0) is 25.4 Å². The molecular weight excluding hydrogens is 597 g/mol. The first-order valence-electron chi connectivity index (χ1n) is 14.0. The summed E-state index contributed by atoms with van der Waals surface area (Å²) in [5.41, 5.74) is 1.98. The van der Waals surface area contributed by atoms with Gasteiger partial charge in [0.2, 0.25) is 0 Å². The first-order chi connectivity index (χ1) is 18.5. The van der Waals surface area contributed by atoms with Crippen molar-refractivity contribution in [3.8, 4) is 0 Å². The molecule has 0 radical (unpaired) electrons. The first-order valence-corrected chi connectivity index (χ1v) is 24.0. The zero-order valence-corrected chi connectivity index (χ0v) is 27.0. The molecule has 2 amide bonds. The molecule has 2 fully saturated rings. The van der Waals surface area contributed by atoms with E-state index < -0.39 is 42.8 Å². The Morgan fingerprint density at radius 3 is 2.21 bits per heavy atom. The van der Waals surface area contributed by atoms with Crippen LogP contribution in [0, 0.1) is 17.8 Å². The van der Waals surface area contributed by atoms with E-state index in [4.69, 9.17) is 14.2 Å². The number of cyclic esters (lactones) is 1. The molecule has 0 saturated carbocycles. The van der Waals surface area contributed by atoms with Crippen LogP contribution in [0.4, 0.5) is 4.79 Å². The average molecular weight is 640 g/mol. The normalized spacial score (nSPS) is 27.1. The quantitative estimate of drug-likeness (QED) is 0.283. The molecule has 0 aliphatic carbocycles. The zero-order valence-electron chi connectivity index (χ0n) is 24.1. The number of hydrogen-bond acceptors (Lipinski definition) is 5. The summed E-state index contributed by atoms with van der Waals surface area (Å²) in [6.07, 6.45) is -0.259. The Morgan fingerprint density at radius 1 is 1.00 bits per heavy atom. The van der Waals surface area contributed by atoms with Gasteiger partial charge in [0.1, 0.15) is 0 Å². The van der Waals surface area contributed by atoms with Gasteiger partial charge in [0.15, 0.2) is 0 Å². The summed E-state index contributed by atoms with van der Waals surface area (Å²) in [5, 5.41) is 0. The van der Waals surface area contributed by atoms with Gasteiger partial charge in [0.25, 0.3) is 0 Å². The zero-order chi connectivity index (χ0) is 28.3. The molecule has 7 heteroatoms. The van der Waals surface area contributed by atoms with E-state index in [-0.39, 0.29) is 36.5 Å². The fourth-order valence-corrected chi connectivity index (χ4v) is 8.35. The van der Waals surface area contributed by atoms with Crippen LogP contribution in [0.1, 0.15) is 44.6 Å². The maximum absolute atomic E-state index is 13.9. The van der Waals surface area contributed by atoms with Gasteiger partial charge in [-0.3, -0.25) is 0 Å². The minimum absolute atomic E-state index is 0.0620. The number of imide groups is 1. The number of benzene rings is 2. The van der Waals surface area contributed by atoms with Crippen molar-refractivity contribution in [2.24, 2.45) is 17.8 Å². The van der Waals surface area contributed by atoms with Gasteiger partial charge in [-0.1, -0.05) is 30.3 Å². The molecule has 2 saturated heterocycles. The fourth-order valence-electron chi connectivity index (χ4n) is 5.68. The molecule has 2 aliphatic heterocycles. The molecule has 0 bridgehead atoms. The molecule has 4 rings (SSSR count). The third-order valence-corrected chi connectivity index (χ3v) is 14.9. The van der Waals surface area contributed by atoms with Gasteiger partial charge in [-0.2, -0.15) is 0 Å². The second-order valence-corrected chi connectivity index (χ2v) is 27.1. The first kappa shape index (κ1) is 29.8. The molecule has 0 aromatic heterocycles. The van der Waals surface area contributed by atoms with E-state index in [1.807, 2.05) is 67.6 Å². The molecule has 2 aliphatic rings. The SMILES string of the molecule is C=[C](C[C@H](C)C1O[C@H](c2ccccc2)OC([C@@H](C)C(=O)N2C(=O)OC[C@H]2Cc2ccccc2)[C@@H]1C)[Sn]([CH3])([CH3])[CH3]. The third kappa shape index (κ3) is 6.95. The van der Waals surface area contributed by atoms with Gasteiger partial charge in [-0.15, -0.1) is 0 Å². The predicted octanol–water partition coefficient (Wildman–Crippen LogP) is 6.79. The standard InChI is InChI=1S/C29H34NO5.3CH3.Sn/c1-5-12-19(2)25-20(3)26(35-28(34-25)23-15-10-7-11-16-23)21(4)27(31)30-24(18-33-29(30)32)17-22-13-8-6-9-14-22;;;;/h6-11,13-16,19-21,24-26,28H,1,12,17-18H2,2-4H3;3*1H3;/t19-,20+,21+,24+,25?,26?,28-;;;;/m0..../s1. The molecule has 2 unspecified atom stereocenters. The second-order valence-electron chi connectivity index (χ2n) is 12.3. The molecule has 0 N–H and O–H groups in total. The minimum atomic E-state index is -2.27. The monoisotopic (exact) mass is 641 g/mol. The van der Waals surface area contributed by atoms with Crippen LogP contribution < -0.4 is 0 Å². The van der Waals surface area contributed by atoms with Gasteiger partial charge in [-0.25, -0.2) is 0 Å². The Morgan fingerprint density at radius 2 is 1.59 bits per heavy atom.